The van der Waals surface area contributed by atoms with Crippen molar-refractivity contribution in [2.75, 3.05) is 12.8 Å². The van der Waals surface area contributed by atoms with Crippen LogP contribution in [0.25, 0.3) is 21.3 Å². The van der Waals surface area contributed by atoms with E-state index in [-0.39, 0.29) is 29.0 Å². The number of carbonyl (C=O) groups is 2. The van der Waals surface area contributed by atoms with Crippen LogP contribution in [0.4, 0.5) is 4.39 Å². The monoisotopic (exact) mass is 502 g/mol. The van der Waals surface area contributed by atoms with Crippen LogP contribution in [-0.4, -0.2) is 49.0 Å². The molecule has 11 heteroatoms. The topological polar surface area (TPSA) is 118 Å². The van der Waals surface area contributed by atoms with Crippen molar-refractivity contribution in [1.29, 1.82) is 0 Å². The molecule has 2 aliphatic rings. The molecule has 2 saturated carbocycles. The van der Waals surface area contributed by atoms with Gasteiger partial charge in [0, 0.05) is 47.3 Å². The van der Waals surface area contributed by atoms with E-state index in [4.69, 9.17) is 0 Å². The number of hydrogen-bond donors (Lipinski definition) is 2. The van der Waals surface area contributed by atoms with E-state index < -0.39 is 26.8 Å². The number of sulfone groups is 1. The Bertz CT molecular complexity index is 1380. The molecule has 8 nitrogen and oxygen atoms in total. The highest BCUT2D eigenvalue weighted by Gasteiger charge is 2.34. The molecule has 2 heterocycles. The zero-order valence-electron chi connectivity index (χ0n) is 18.4. The average Bonchev–Trinajstić information content (AvgIpc) is 3.70. The SMILES string of the molecule is CS(=O)(=O)C(C(=O)NCC(=O)NC1CC1)c1nc2cc(F)c(-c3ccc(C4CC4)nc3)cc2s1. The van der Waals surface area contributed by atoms with Crippen molar-refractivity contribution >= 4 is 43.2 Å². The molecule has 2 aliphatic carbocycles. The Kier molecular flexibility index (Phi) is 5.85. The second kappa shape index (κ2) is 8.70. The highest BCUT2D eigenvalue weighted by molar-refractivity contribution is 7.91. The molecule has 34 heavy (non-hydrogen) atoms. The summed E-state index contributed by atoms with van der Waals surface area (Å²) in [4.78, 5) is 33.3. The predicted molar refractivity (Wildman–Crippen MR) is 127 cm³/mol. The Morgan fingerprint density at radius 3 is 2.59 bits per heavy atom. The van der Waals surface area contributed by atoms with Crippen molar-refractivity contribution in [3.63, 3.8) is 0 Å². The number of fused-ring (bicyclic) bond motifs is 1. The van der Waals surface area contributed by atoms with Crippen LogP contribution in [-0.2, 0) is 19.4 Å². The molecule has 2 N–H and O–H groups in total. The van der Waals surface area contributed by atoms with E-state index in [1.165, 1.54) is 6.07 Å². The summed E-state index contributed by atoms with van der Waals surface area (Å²) in [5, 5.41) is 3.54. The van der Waals surface area contributed by atoms with Crippen LogP contribution in [0.15, 0.2) is 30.5 Å². The van der Waals surface area contributed by atoms with Crippen LogP contribution in [0, 0.1) is 5.82 Å². The summed E-state index contributed by atoms with van der Waals surface area (Å²) in [5.74, 6) is -1.24. The zero-order chi connectivity index (χ0) is 24.0. The largest absolute Gasteiger partial charge is 0.352 e. The maximum Gasteiger partial charge on any atom is 0.245 e. The highest BCUT2D eigenvalue weighted by atomic mass is 32.2. The summed E-state index contributed by atoms with van der Waals surface area (Å²) in [6.07, 6.45) is 6.62. The fourth-order valence-corrected chi connectivity index (χ4v) is 6.27. The van der Waals surface area contributed by atoms with Gasteiger partial charge in [0.05, 0.1) is 16.8 Å². The van der Waals surface area contributed by atoms with E-state index >= 15 is 0 Å². The first-order valence-corrected chi connectivity index (χ1v) is 13.8. The molecule has 1 atom stereocenters. The third-order valence-corrected chi connectivity index (χ3v) is 8.37. The van der Waals surface area contributed by atoms with Gasteiger partial charge in [0.25, 0.3) is 0 Å². The fraction of sp³-hybridized carbons (Fsp3) is 0.391. The maximum absolute atomic E-state index is 14.9. The third kappa shape index (κ3) is 4.95. The van der Waals surface area contributed by atoms with Gasteiger partial charge in [0.1, 0.15) is 10.8 Å². The molecule has 2 aromatic heterocycles. The molecule has 0 aliphatic heterocycles. The van der Waals surface area contributed by atoms with Gasteiger partial charge in [-0.15, -0.1) is 11.3 Å². The quantitative estimate of drug-likeness (QED) is 0.489. The number of aromatic nitrogens is 2. The molecule has 3 aromatic rings. The fourth-order valence-electron chi connectivity index (χ4n) is 3.74. The first kappa shape index (κ1) is 22.9. The van der Waals surface area contributed by atoms with Crippen molar-refractivity contribution in [2.45, 2.75) is 42.9 Å². The Morgan fingerprint density at radius 2 is 1.97 bits per heavy atom. The number of thiazole rings is 1. The van der Waals surface area contributed by atoms with Gasteiger partial charge in [-0.2, -0.15) is 0 Å². The molecule has 0 radical (unpaired) electrons. The first-order chi connectivity index (χ1) is 16.2. The molecular weight excluding hydrogens is 479 g/mol. The number of halogens is 1. The molecular formula is C23H23FN4O4S2. The molecule has 178 valence electrons. The average molecular weight is 503 g/mol. The number of amides is 2. The van der Waals surface area contributed by atoms with Crippen LogP contribution in [0.2, 0.25) is 0 Å². The summed E-state index contributed by atoms with van der Waals surface area (Å²) >= 11 is 1.01. The van der Waals surface area contributed by atoms with Crippen molar-refractivity contribution in [1.82, 2.24) is 20.6 Å². The lowest BCUT2D eigenvalue weighted by molar-refractivity contribution is -0.126. The van der Waals surface area contributed by atoms with E-state index in [1.807, 2.05) is 12.1 Å². The van der Waals surface area contributed by atoms with Crippen LogP contribution in [0.5, 0.6) is 0 Å². The second-order valence-electron chi connectivity index (χ2n) is 8.87. The molecule has 0 bridgehead atoms. The number of hydrogen-bond acceptors (Lipinski definition) is 7. The van der Waals surface area contributed by atoms with Gasteiger partial charge in [0.15, 0.2) is 15.1 Å². The Labute approximate surface area is 199 Å². The van der Waals surface area contributed by atoms with Crippen molar-refractivity contribution in [3.05, 3.63) is 47.0 Å². The smallest absolute Gasteiger partial charge is 0.245 e. The minimum Gasteiger partial charge on any atom is -0.352 e. The number of pyridine rings is 1. The van der Waals surface area contributed by atoms with Gasteiger partial charge >= 0.3 is 0 Å². The number of nitrogens with one attached hydrogen (secondary N) is 2. The normalized spacial score (nSPS) is 16.9. The molecule has 2 amide bonds. The van der Waals surface area contributed by atoms with E-state index in [2.05, 4.69) is 20.6 Å². The molecule has 1 unspecified atom stereocenters. The van der Waals surface area contributed by atoms with Crippen LogP contribution < -0.4 is 10.6 Å². The number of benzene rings is 1. The van der Waals surface area contributed by atoms with Gasteiger partial charge in [-0.3, -0.25) is 14.6 Å². The summed E-state index contributed by atoms with van der Waals surface area (Å²) in [6, 6.07) is 6.69. The first-order valence-electron chi connectivity index (χ1n) is 11.0. The lowest BCUT2D eigenvalue weighted by Gasteiger charge is -2.12. The molecule has 2 fully saturated rings. The molecule has 0 spiro atoms. The Hall–Kier alpha value is -2.92. The minimum absolute atomic E-state index is 0.0244. The number of nitrogens with zero attached hydrogens (tertiary/aromatic N) is 2. The summed E-state index contributed by atoms with van der Waals surface area (Å²) in [5.41, 5.74) is 2.20. The van der Waals surface area contributed by atoms with Gasteiger partial charge in [0.2, 0.25) is 11.8 Å². The van der Waals surface area contributed by atoms with Crippen molar-refractivity contribution < 1.29 is 22.4 Å². The maximum atomic E-state index is 14.9. The third-order valence-electron chi connectivity index (χ3n) is 5.84. The second-order valence-corrected chi connectivity index (χ2v) is 12.1. The standard InChI is InChI=1S/C23H23FN4O4S2/c1-34(31,32)21(22(30)26-11-20(29)27-14-5-6-14)23-28-18-9-16(24)15(8-19(18)33-23)13-4-7-17(25-10-13)12-2-3-12/h4,7-10,12,14,21H,2-3,5-6,11H2,1H3,(H,26,30)(H,27,29). The van der Waals surface area contributed by atoms with E-state index in [0.29, 0.717) is 21.7 Å². The molecule has 5 rings (SSSR count). The van der Waals surface area contributed by atoms with E-state index in [9.17, 15) is 22.4 Å². The minimum atomic E-state index is -3.90. The lowest BCUT2D eigenvalue weighted by Crippen LogP contribution is -2.41. The van der Waals surface area contributed by atoms with Gasteiger partial charge < -0.3 is 10.6 Å². The predicted octanol–water partition coefficient (Wildman–Crippen LogP) is 2.86. The molecule has 0 saturated heterocycles. The van der Waals surface area contributed by atoms with E-state index in [1.54, 1.807) is 12.3 Å². The summed E-state index contributed by atoms with van der Waals surface area (Å²) < 4.78 is 40.3. The van der Waals surface area contributed by atoms with Gasteiger partial charge in [-0.25, -0.2) is 17.8 Å². The van der Waals surface area contributed by atoms with Crippen LogP contribution >= 0.6 is 11.3 Å². The van der Waals surface area contributed by atoms with Crippen LogP contribution in [0.3, 0.4) is 0 Å². The highest BCUT2D eigenvalue weighted by Crippen LogP contribution is 2.40. The van der Waals surface area contributed by atoms with Gasteiger partial charge in [-0.1, -0.05) is 6.07 Å². The van der Waals surface area contributed by atoms with Gasteiger partial charge in [-0.05, 0) is 37.8 Å². The summed E-state index contributed by atoms with van der Waals surface area (Å²) in [7, 11) is -3.90. The Balaban J connectivity index is 1.41. The van der Waals surface area contributed by atoms with Crippen molar-refractivity contribution in [3.8, 4) is 11.1 Å². The number of rotatable bonds is 8. The number of carbonyl (C=O) groups excluding carboxylic acids is 2. The molecule has 1 aromatic carbocycles. The lowest BCUT2D eigenvalue weighted by atomic mass is 10.1. The van der Waals surface area contributed by atoms with Crippen molar-refractivity contribution in [2.24, 2.45) is 0 Å². The summed E-state index contributed by atoms with van der Waals surface area (Å²) in [6.45, 7) is -0.325. The zero-order valence-corrected chi connectivity index (χ0v) is 20.0. The van der Waals surface area contributed by atoms with E-state index in [0.717, 1.165) is 49.0 Å². The van der Waals surface area contributed by atoms with Crippen LogP contribution in [0.1, 0.15) is 47.6 Å². The Morgan fingerprint density at radius 1 is 1.21 bits per heavy atom.